The van der Waals surface area contributed by atoms with Crippen molar-refractivity contribution in [2.45, 2.75) is 0 Å². The number of hydrogen-bond donors (Lipinski definition) is 4. The van der Waals surface area contributed by atoms with E-state index >= 15 is 0 Å². The number of aliphatic hydroxyl groups excluding tert-OH is 1. The van der Waals surface area contributed by atoms with Crippen LogP contribution in [0.2, 0.25) is 0 Å². The Bertz CT molecular complexity index is 1450. The first-order valence-corrected chi connectivity index (χ1v) is 13.4. The van der Waals surface area contributed by atoms with Crippen LogP contribution in [0.1, 0.15) is 10.4 Å². The molecule has 5 rings (SSSR count). The van der Waals surface area contributed by atoms with Gasteiger partial charge in [-0.25, -0.2) is 4.39 Å². The molecule has 4 aromatic rings. The maximum atomic E-state index is 14.9. The van der Waals surface area contributed by atoms with E-state index < -0.39 is 5.82 Å². The van der Waals surface area contributed by atoms with Crippen LogP contribution in [0.4, 0.5) is 22.0 Å². The monoisotopic (exact) mass is 567 g/mol. The van der Waals surface area contributed by atoms with Crippen molar-refractivity contribution in [3.8, 4) is 11.6 Å². The molecule has 218 valence electrons. The number of aromatic nitrogens is 5. The number of fused-ring (bicyclic) bond motifs is 1. The van der Waals surface area contributed by atoms with Crippen molar-refractivity contribution >= 4 is 29.3 Å². The summed E-state index contributed by atoms with van der Waals surface area (Å²) in [5.74, 6) is 1.10. The Morgan fingerprint density at radius 2 is 1.98 bits per heavy atom. The number of carbonyl (C=O) groups excluding carboxylic acids is 1. The van der Waals surface area contributed by atoms with E-state index in [1.54, 1.807) is 30.5 Å². The lowest BCUT2D eigenvalue weighted by atomic mass is 10.1. The van der Waals surface area contributed by atoms with E-state index in [1.807, 2.05) is 16.8 Å². The number of likely N-dealkylation sites (N-methyl/N-ethyl adjacent to an activating group) is 1. The first-order valence-electron chi connectivity index (χ1n) is 13.4. The summed E-state index contributed by atoms with van der Waals surface area (Å²) in [5.41, 5.74) is 6.89. The highest BCUT2D eigenvalue weighted by Gasteiger charge is 2.21. The molecular formula is C26H34FN11O3. The predicted molar refractivity (Wildman–Crippen MR) is 151 cm³/mol. The van der Waals surface area contributed by atoms with Crippen molar-refractivity contribution in [2.75, 3.05) is 88.1 Å². The molecule has 0 atom stereocenters. The normalized spacial score (nSPS) is 14.1. The molecule has 1 fully saturated rings. The lowest BCUT2D eigenvalue weighted by Gasteiger charge is -2.36. The number of furan rings is 1. The van der Waals surface area contributed by atoms with E-state index in [-0.39, 0.29) is 24.0 Å². The molecule has 1 amide bonds. The van der Waals surface area contributed by atoms with Crippen LogP contribution in [0, 0.1) is 5.82 Å². The zero-order valence-electron chi connectivity index (χ0n) is 22.8. The number of nitrogen functional groups attached to an aromatic ring is 1. The van der Waals surface area contributed by atoms with Gasteiger partial charge < -0.3 is 35.7 Å². The first kappa shape index (κ1) is 28.2. The number of piperazine rings is 1. The Hall–Kier alpha value is -4.34. The zero-order valence-corrected chi connectivity index (χ0v) is 22.8. The SMILES string of the molecule is CN(CCN1CCN(c2ccc(C(=O)NCCNCCO)cc2F)CC1)c1nc(N)n2nc(-c3ccco3)nc2n1. The molecule has 41 heavy (non-hydrogen) atoms. The van der Waals surface area contributed by atoms with E-state index in [0.717, 1.165) is 19.6 Å². The third-order valence-corrected chi connectivity index (χ3v) is 6.86. The number of benzene rings is 1. The van der Waals surface area contributed by atoms with Gasteiger partial charge in [-0.3, -0.25) is 9.69 Å². The minimum Gasteiger partial charge on any atom is -0.461 e. The van der Waals surface area contributed by atoms with Gasteiger partial charge in [0.2, 0.25) is 17.7 Å². The second-order valence-corrected chi connectivity index (χ2v) is 9.65. The predicted octanol–water partition coefficient (Wildman–Crippen LogP) is 0.0707. The van der Waals surface area contributed by atoms with Crippen LogP contribution >= 0.6 is 0 Å². The molecule has 0 radical (unpaired) electrons. The van der Waals surface area contributed by atoms with Crippen molar-refractivity contribution in [2.24, 2.45) is 0 Å². The van der Waals surface area contributed by atoms with Gasteiger partial charge in [-0.1, -0.05) is 0 Å². The quantitative estimate of drug-likeness (QED) is 0.170. The molecular weight excluding hydrogens is 533 g/mol. The van der Waals surface area contributed by atoms with Gasteiger partial charge in [-0.05, 0) is 30.3 Å². The van der Waals surface area contributed by atoms with E-state index in [4.69, 9.17) is 15.3 Å². The van der Waals surface area contributed by atoms with E-state index in [2.05, 4.69) is 35.6 Å². The summed E-state index contributed by atoms with van der Waals surface area (Å²) in [7, 11) is 1.89. The molecule has 0 aliphatic carbocycles. The van der Waals surface area contributed by atoms with Gasteiger partial charge in [0.05, 0.1) is 18.6 Å². The fourth-order valence-corrected chi connectivity index (χ4v) is 4.55. The third-order valence-electron chi connectivity index (χ3n) is 6.86. The van der Waals surface area contributed by atoms with Crippen molar-refractivity contribution in [1.29, 1.82) is 0 Å². The minimum absolute atomic E-state index is 0.0345. The highest BCUT2D eigenvalue weighted by atomic mass is 19.1. The molecule has 15 heteroatoms. The lowest BCUT2D eigenvalue weighted by molar-refractivity contribution is 0.0953. The molecule has 0 saturated carbocycles. The summed E-state index contributed by atoms with van der Waals surface area (Å²) in [5, 5.41) is 18.8. The zero-order chi connectivity index (χ0) is 28.8. The van der Waals surface area contributed by atoms with E-state index in [0.29, 0.717) is 68.3 Å². The van der Waals surface area contributed by atoms with Gasteiger partial charge in [0.25, 0.3) is 11.7 Å². The average molecular weight is 568 g/mol. The Labute approximate surface area is 236 Å². The summed E-state index contributed by atoms with van der Waals surface area (Å²) in [6, 6.07) is 8.11. The van der Waals surface area contributed by atoms with Crippen molar-refractivity contribution in [3.05, 3.63) is 48.0 Å². The number of nitrogens with two attached hydrogens (primary N) is 1. The Morgan fingerprint density at radius 3 is 2.71 bits per heavy atom. The molecule has 0 unspecified atom stereocenters. The van der Waals surface area contributed by atoms with Crippen LogP contribution in [-0.2, 0) is 0 Å². The van der Waals surface area contributed by atoms with Crippen LogP contribution in [0.3, 0.4) is 0 Å². The fraction of sp³-hybridized carbons (Fsp3) is 0.423. The highest BCUT2D eigenvalue weighted by molar-refractivity contribution is 5.94. The van der Waals surface area contributed by atoms with E-state index in [9.17, 15) is 9.18 Å². The van der Waals surface area contributed by atoms with Crippen LogP contribution in [-0.4, -0.2) is 113 Å². The summed E-state index contributed by atoms with van der Waals surface area (Å²) in [6.07, 6.45) is 1.55. The highest BCUT2D eigenvalue weighted by Crippen LogP contribution is 2.23. The average Bonchev–Trinajstić information content (AvgIpc) is 3.67. The largest absolute Gasteiger partial charge is 0.461 e. The van der Waals surface area contributed by atoms with Gasteiger partial charge in [0, 0.05) is 71.5 Å². The number of aliphatic hydroxyl groups is 1. The molecule has 14 nitrogen and oxygen atoms in total. The Balaban J connectivity index is 1.11. The second-order valence-electron chi connectivity index (χ2n) is 9.65. The van der Waals surface area contributed by atoms with Gasteiger partial charge >= 0.3 is 0 Å². The first-order chi connectivity index (χ1) is 19.9. The molecule has 1 saturated heterocycles. The minimum atomic E-state index is -0.418. The topological polar surface area (TPSA) is 166 Å². The maximum absolute atomic E-state index is 14.9. The Kier molecular flexibility index (Phi) is 8.86. The number of rotatable bonds is 12. The molecule has 3 aromatic heterocycles. The molecule has 1 aromatic carbocycles. The Morgan fingerprint density at radius 1 is 1.15 bits per heavy atom. The third kappa shape index (κ3) is 6.70. The maximum Gasteiger partial charge on any atom is 0.259 e. The number of hydrogen-bond acceptors (Lipinski definition) is 12. The molecule has 1 aliphatic rings. The number of amides is 1. The van der Waals surface area contributed by atoms with Crippen molar-refractivity contribution in [1.82, 2.24) is 40.1 Å². The van der Waals surface area contributed by atoms with Crippen LogP contribution in [0.5, 0.6) is 0 Å². The van der Waals surface area contributed by atoms with Crippen LogP contribution < -0.4 is 26.2 Å². The number of nitrogens with one attached hydrogen (secondary N) is 2. The summed E-state index contributed by atoms with van der Waals surface area (Å²) in [6.45, 7) is 5.67. The summed E-state index contributed by atoms with van der Waals surface area (Å²) >= 11 is 0. The van der Waals surface area contributed by atoms with Crippen LogP contribution in [0.15, 0.2) is 41.0 Å². The number of nitrogens with zero attached hydrogens (tertiary/aromatic N) is 8. The summed E-state index contributed by atoms with van der Waals surface area (Å²) < 4.78 is 21.7. The lowest BCUT2D eigenvalue weighted by Crippen LogP contribution is -2.48. The standard InChI is InChI=1S/C26H34FN11O3/c1-35(25-32-24(28)38-26(33-25)31-22(34-38)21-3-2-16-41-21)9-10-36-11-13-37(14-12-36)20-5-4-18(17-19(20)27)23(40)30-7-6-29-8-15-39/h2-5,16-17,29,39H,6-15H2,1H3,(H,30,40)(H2,28,31,32,33,34). The van der Waals surface area contributed by atoms with Crippen LogP contribution in [0.25, 0.3) is 17.4 Å². The molecule has 5 N–H and O–H groups in total. The van der Waals surface area contributed by atoms with Gasteiger partial charge in [-0.2, -0.15) is 19.5 Å². The molecule has 4 heterocycles. The summed E-state index contributed by atoms with van der Waals surface area (Å²) in [4.78, 5) is 31.8. The van der Waals surface area contributed by atoms with E-state index in [1.165, 1.54) is 10.6 Å². The number of carbonyl (C=O) groups is 1. The van der Waals surface area contributed by atoms with Gasteiger partial charge in [0.1, 0.15) is 5.82 Å². The molecule has 0 bridgehead atoms. The van der Waals surface area contributed by atoms with Crippen molar-refractivity contribution < 1.29 is 18.7 Å². The fourth-order valence-electron chi connectivity index (χ4n) is 4.55. The smallest absolute Gasteiger partial charge is 0.259 e. The second kappa shape index (κ2) is 12.9. The number of halogens is 1. The van der Waals surface area contributed by atoms with Gasteiger partial charge in [-0.15, -0.1) is 5.10 Å². The number of anilines is 3. The van der Waals surface area contributed by atoms with Crippen molar-refractivity contribution in [3.63, 3.8) is 0 Å². The van der Waals surface area contributed by atoms with Gasteiger partial charge in [0.15, 0.2) is 5.76 Å². The molecule has 0 spiro atoms. The molecule has 1 aliphatic heterocycles.